The van der Waals surface area contributed by atoms with Crippen molar-refractivity contribution in [2.75, 3.05) is 13.2 Å². The first-order valence-electron chi connectivity index (χ1n) is 9.32. The molecule has 2 aromatic rings. The number of aromatic hydroxyl groups is 1. The van der Waals surface area contributed by atoms with Crippen molar-refractivity contribution in [3.63, 3.8) is 0 Å². The standard InChI is InChI=1S/C20H20FN3O5/c1-11(12-3-5-13(21)6-4-12)22-19(27)14-9-23-10-15-24(7-2-8-29-15)20(28)16(23)18(26)17(14)25/h3-6,9,11,15,26H,2,7-8,10H2,1H3,(H,22,27). The number of aromatic nitrogens is 1. The number of pyridine rings is 1. The smallest absolute Gasteiger partial charge is 0.276 e. The Labute approximate surface area is 165 Å². The Morgan fingerprint density at radius 2 is 2.03 bits per heavy atom. The maximum absolute atomic E-state index is 13.1. The Kier molecular flexibility index (Phi) is 4.83. The number of rotatable bonds is 3. The van der Waals surface area contributed by atoms with Gasteiger partial charge in [-0.05, 0) is 31.0 Å². The van der Waals surface area contributed by atoms with Crippen LogP contribution in [0.25, 0.3) is 0 Å². The lowest BCUT2D eigenvalue weighted by Crippen LogP contribution is -2.53. The van der Waals surface area contributed by atoms with Crippen molar-refractivity contribution in [2.45, 2.75) is 32.2 Å². The summed E-state index contributed by atoms with van der Waals surface area (Å²) in [5.41, 5.74) is -0.676. The van der Waals surface area contributed by atoms with E-state index in [-0.39, 0.29) is 17.8 Å². The fourth-order valence-electron chi connectivity index (χ4n) is 3.67. The van der Waals surface area contributed by atoms with Crippen LogP contribution in [0.4, 0.5) is 4.39 Å². The van der Waals surface area contributed by atoms with Gasteiger partial charge >= 0.3 is 0 Å². The van der Waals surface area contributed by atoms with Crippen LogP contribution in [0.15, 0.2) is 35.3 Å². The fraction of sp³-hybridized carbons (Fsp3) is 0.350. The molecule has 0 radical (unpaired) electrons. The van der Waals surface area contributed by atoms with E-state index in [9.17, 15) is 23.9 Å². The van der Waals surface area contributed by atoms with Crippen LogP contribution >= 0.6 is 0 Å². The second-order valence-corrected chi connectivity index (χ2v) is 7.15. The molecule has 1 fully saturated rings. The maximum atomic E-state index is 13.1. The summed E-state index contributed by atoms with van der Waals surface area (Å²) in [4.78, 5) is 39.4. The molecule has 0 spiro atoms. The van der Waals surface area contributed by atoms with Crippen molar-refractivity contribution in [2.24, 2.45) is 0 Å². The first-order chi connectivity index (χ1) is 13.9. The topological polar surface area (TPSA) is 101 Å². The third-order valence-electron chi connectivity index (χ3n) is 5.24. The maximum Gasteiger partial charge on any atom is 0.276 e. The van der Waals surface area contributed by atoms with Crippen LogP contribution in [-0.2, 0) is 11.3 Å². The van der Waals surface area contributed by atoms with E-state index >= 15 is 0 Å². The summed E-state index contributed by atoms with van der Waals surface area (Å²) >= 11 is 0. The van der Waals surface area contributed by atoms with Crippen LogP contribution in [0, 0.1) is 5.82 Å². The molecule has 2 unspecified atom stereocenters. The summed E-state index contributed by atoms with van der Waals surface area (Å²) < 4.78 is 20.1. The molecule has 8 nitrogen and oxygen atoms in total. The van der Waals surface area contributed by atoms with E-state index < -0.39 is 41.1 Å². The third kappa shape index (κ3) is 3.38. The van der Waals surface area contributed by atoms with Gasteiger partial charge in [-0.1, -0.05) is 12.1 Å². The monoisotopic (exact) mass is 401 g/mol. The molecule has 1 saturated heterocycles. The third-order valence-corrected chi connectivity index (χ3v) is 5.24. The van der Waals surface area contributed by atoms with Crippen molar-refractivity contribution < 1.29 is 23.8 Å². The van der Waals surface area contributed by atoms with E-state index in [0.29, 0.717) is 25.1 Å². The van der Waals surface area contributed by atoms with Gasteiger partial charge in [-0.2, -0.15) is 0 Å². The van der Waals surface area contributed by atoms with E-state index in [1.54, 1.807) is 6.92 Å². The van der Waals surface area contributed by atoms with Crippen LogP contribution < -0.4 is 10.7 Å². The molecule has 9 heteroatoms. The molecule has 3 heterocycles. The number of amides is 2. The zero-order valence-corrected chi connectivity index (χ0v) is 15.7. The van der Waals surface area contributed by atoms with Gasteiger partial charge in [-0.3, -0.25) is 14.4 Å². The number of hydrogen-bond acceptors (Lipinski definition) is 5. The summed E-state index contributed by atoms with van der Waals surface area (Å²) in [5, 5.41) is 13.0. The van der Waals surface area contributed by atoms with E-state index in [2.05, 4.69) is 5.32 Å². The van der Waals surface area contributed by atoms with E-state index in [1.807, 2.05) is 0 Å². The molecule has 152 valence electrons. The normalized spacial score (nSPS) is 19.3. The fourth-order valence-corrected chi connectivity index (χ4v) is 3.67. The predicted molar refractivity (Wildman–Crippen MR) is 100 cm³/mol. The number of carbonyl (C=O) groups excluding carboxylic acids is 2. The molecule has 2 aliphatic heterocycles. The first kappa shape index (κ1) is 19.1. The van der Waals surface area contributed by atoms with E-state index in [4.69, 9.17) is 4.74 Å². The van der Waals surface area contributed by atoms with E-state index in [1.165, 1.54) is 39.9 Å². The lowest BCUT2D eigenvalue weighted by atomic mass is 10.1. The minimum atomic E-state index is -0.912. The molecular weight excluding hydrogens is 381 g/mol. The SMILES string of the molecule is CC(NC(=O)c1cn2c(c(O)c1=O)C(=O)N1CCCOC1C2)c1ccc(F)cc1. The zero-order valence-electron chi connectivity index (χ0n) is 15.7. The number of ether oxygens (including phenoxy) is 1. The molecule has 2 atom stereocenters. The van der Waals surface area contributed by atoms with Gasteiger partial charge in [-0.25, -0.2) is 4.39 Å². The molecule has 1 aromatic carbocycles. The second-order valence-electron chi connectivity index (χ2n) is 7.15. The highest BCUT2D eigenvalue weighted by Gasteiger charge is 2.38. The molecule has 0 saturated carbocycles. The average Bonchev–Trinajstić information content (AvgIpc) is 2.71. The van der Waals surface area contributed by atoms with Crippen molar-refractivity contribution in [1.29, 1.82) is 0 Å². The number of fused-ring (bicyclic) bond motifs is 2. The number of nitrogens with zero attached hydrogens (tertiary/aromatic N) is 2. The van der Waals surface area contributed by atoms with Gasteiger partial charge in [0.25, 0.3) is 11.8 Å². The Bertz CT molecular complexity index is 1030. The molecular formula is C20H20FN3O5. The highest BCUT2D eigenvalue weighted by atomic mass is 19.1. The average molecular weight is 401 g/mol. The molecule has 29 heavy (non-hydrogen) atoms. The van der Waals surface area contributed by atoms with Crippen LogP contribution in [0.5, 0.6) is 5.75 Å². The Hall–Kier alpha value is -3.20. The Morgan fingerprint density at radius 1 is 1.31 bits per heavy atom. The van der Waals surface area contributed by atoms with Gasteiger partial charge in [0, 0.05) is 12.7 Å². The van der Waals surface area contributed by atoms with Crippen molar-refractivity contribution in [3.05, 3.63) is 63.3 Å². The summed E-state index contributed by atoms with van der Waals surface area (Å²) in [7, 11) is 0. The zero-order chi connectivity index (χ0) is 20.7. The quantitative estimate of drug-likeness (QED) is 0.810. The largest absolute Gasteiger partial charge is 0.503 e. The van der Waals surface area contributed by atoms with Gasteiger partial charge in [0.1, 0.15) is 11.4 Å². The molecule has 0 bridgehead atoms. The Balaban J connectivity index is 1.64. The van der Waals surface area contributed by atoms with Gasteiger partial charge < -0.3 is 24.6 Å². The highest BCUT2D eigenvalue weighted by Crippen LogP contribution is 2.26. The summed E-state index contributed by atoms with van der Waals surface area (Å²) in [6, 6.07) is 5.12. The minimum absolute atomic E-state index is 0.139. The lowest BCUT2D eigenvalue weighted by Gasteiger charge is -2.40. The summed E-state index contributed by atoms with van der Waals surface area (Å²) in [5.74, 6) is -2.34. The van der Waals surface area contributed by atoms with Gasteiger partial charge in [0.15, 0.2) is 17.7 Å². The van der Waals surface area contributed by atoms with Crippen LogP contribution in [0.1, 0.15) is 45.8 Å². The molecule has 2 aliphatic rings. The molecule has 4 rings (SSSR count). The van der Waals surface area contributed by atoms with Crippen LogP contribution in [0.2, 0.25) is 0 Å². The Morgan fingerprint density at radius 3 is 2.76 bits per heavy atom. The van der Waals surface area contributed by atoms with Crippen molar-refractivity contribution >= 4 is 11.8 Å². The molecule has 1 aromatic heterocycles. The van der Waals surface area contributed by atoms with Crippen LogP contribution in [0.3, 0.4) is 0 Å². The van der Waals surface area contributed by atoms with Gasteiger partial charge in [0.05, 0.1) is 19.2 Å². The summed E-state index contributed by atoms with van der Waals surface area (Å²) in [6.07, 6.45) is 1.45. The molecule has 0 aliphatic carbocycles. The second kappa shape index (κ2) is 7.32. The molecule has 2 amide bonds. The molecule has 2 N–H and O–H groups in total. The number of hydrogen-bond donors (Lipinski definition) is 2. The highest BCUT2D eigenvalue weighted by molar-refractivity contribution is 5.99. The summed E-state index contributed by atoms with van der Waals surface area (Å²) in [6.45, 7) is 2.90. The van der Waals surface area contributed by atoms with Crippen LogP contribution in [-0.4, -0.2) is 45.8 Å². The van der Waals surface area contributed by atoms with Crippen molar-refractivity contribution in [1.82, 2.24) is 14.8 Å². The number of benzene rings is 1. The lowest BCUT2D eigenvalue weighted by molar-refractivity contribution is -0.0920. The van der Waals surface area contributed by atoms with Gasteiger partial charge in [-0.15, -0.1) is 0 Å². The van der Waals surface area contributed by atoms with E-state index in [0.717, 1.165) is 0 Å². The number of carbonyl (C=O) groups is 2. The predicted octanol–water partition coefficient (Wildman–Crippen LogP) is 1.39. The minimum Gasteiger partial charge on any atom is -0.503 e. The van der Waals surface area contributed by atoms with Gasteiger partial charge in [0.2, 0.25) is 5.43 Å². The first-order valence-corrected chi connectivity index (χ1v) is 9.32. The van der Waals surface area contributed by atoms with Crippen molar-refractivity contribution in [3.8, 4) is 5.75 Å². The number of halogens is 1. The number of nitrogens with one attached hydrogen (secondary N) is 1.